The molecule has 0 bridgehead atoms. The van der Waals surface area contributed by atoms with Gasteiger partial charge in [-0.25, -0.2) is 23.1 Å². The van der Waals surface area contributed by atoms with Gasteiger partial charge in [0.2, 0.25) is 16.0 Å². The van der Waals surface area contributed by atoms with Crippen LogP contribution in [0.2, 0.25) is 5.02 Å². The zero-order chi connectivity index (χ0) is 20.7. The molecule has 2 heterocycles. The predicted molar refractivity (Wildman–Crippen MR) is 129 cm³/mol. The van der Waals surface area contributed by atoms with Crippen LogP contribution in [0.1, 0.15) is 0 Å². The first kappa shape index (κ1) is 24.6. The third-order valence-corrected chi connectivity index (χ3v) is 6.13. The van der Waals surface area contributed by atoms with Crippen molar-refractivity contribution in [3.63, 3.8) is 0 Å². The molecule has 1 aliphatic rings. The summed E-state index contributed by atoms with van der Waals surface area (Å²) < 4.78 is 27.2. The van der Waals surface area contributed by atoms with Gasteiger partial charge in [0.25, 0.3) is 0 Å². The fraction of sp³-hybridized carbons (Fsp3) is 0.389. The Morgan fingerprint density at radius 3 is 2.47 bits per heavy atom. The van der Waals surface area contributed by atoms with Gasteiger partial charge in [0.05, 0.1) is 4.90 Å². The molecule has 0 saturated carbocycles. The van der Waals surface area contributed by atoms with Crippen LogP contribution in [-0.2, 0) is 10.0 Å². The highest BCUT2D eigenvalue weighted by Gasteiger charge is 2.21. The number of aliphatic imine (C=N–C) groups is 1. The molecule has 0 radical (unpaired) electrons. The molecule has 0 amide bonds. The second kappa shape index (κ2) is 11.6. The van der Waals surface area contributed by atoms with Crippen LogP contribution in [0.3, 0.4) is 0 Å². The van der Waals surface area contributed by atoms with Gasteiger partial charge < -0.3 is 15.1 Å². The zero-order valence-corrected chi connectivity index (χ0v) is 20.4. The lowest BCUT2D eigenvalue weighted by Gasteiger charge is -2.36. The molecule has 0 spiro atoms. The van der Waals surface area contributed by atoms with Gasteiger partial charge in [-0.3, -0.25) is 4.99 Å². The van der Waals surface area contributed by atoms with Gasteiger partial charge in [0.15, 0.2) is 5.96 Å². The summed E-state index contributed by atoms with van der Waals surface area (Å²) in [7, 11) is -1.89. The molecule has 164 valence electrons. The van der Waals surface area contributed by atoms with Crippen LogP contribution in [0.15, 0.2) is 52.6 Å². The smallest absolute Gasteiger partial charge is 0.240 e. The first-order chi connectivity index (χ1) is 14.0. The van der Waals surface area contributed by atoms with Crippen LogP contribution in [-0.4, -0.2) is 75.6 Å². The Labute approximate surface area is 199 Å². The highest BCUT2D eigenvalue weighted by Crippen LogP contribution is 2.15. The number of aromatic nitrogens is 2. The summed E-state index contributed by atoms with van der Waals surface area (Å²) in [6, 6.07) is 7.97. The summed E-state index contributed by atoms with van der Waals surface area (Å²) in [6.45, 7) is 3.75. The van der Waals surface area contributed by atoms with Crippen molar-refractivity contribution in [2.24, 2.45) is 4.99 Å². The average molecular weight is 566 g/mol. The van der Waals surface area contributed by atoms with E-state index in [1.54, 1.807) is 37.6 Å². The minimum atomic E-state index is -3.60. The van der Waals surface area contributed by atoms with E-state index in [2.05, 4.69) is 34.8 Å². The SMILES string of the molecule is CN=C(NCCNS(=O)(=O)c1cccc(Cl)c1)N1CCN(c2ncccn2)CC1.I. The average Bonchev–Trinajstić information content (AvgIpc) is 2.75. The number of anilines is 1. The fourth-order valence-electron chi connectivity index (χ4n) is 2.98. The molecule has 3 rings (SSSR count). The topological polar surface area (TPSA) is 103 Å². The van der Waals surface area contributed by atoms with Crippen molar-refractivity contribution in [1.82, 2.24) is 24.9 Å². The lowest BCUT2D eigenvalue weighted by molar-refractivity contribution is 0.370. The van der Waals surface area contributed by atoms with E-state index in [4.69, 9.17) is 11.6 Å². The minimum Gasteiger partial charge on any atom is -0.355 e. The second-order valence-corrected chi connectivity index (χ2v) is 8.56. The van der Waals surface area contributed by atoms with Crippen molar-refractivity contribution in [3.05, 3.63) is 47.7 Å². The summed E-state index contributed by atoms with van der Waals surface area (Å²) in [5.74, 6) is 1.46. The van der Waals surface area contributed by atoms with Gasteiger partial charge in [-0.05, 0) is 24.3 Å². The van der Waals surface area contributed by atoms with E-state index in [9.17, 15) is 8.42 Å². The molecule has 9 nitrogen and oxygen atoms in total. The van der Waals surface area contributed by atoms with Crippen LogP contribution in [0.25, 0.3) is 0 Å². The van der Waals surface area contributed by atoms with Crippen LogP contribution >= 0.6 is 35.6 Å². The van der Waals surface area contributed by atoms with Crippen molar-refractivity contribution in [2.45, 2.75) is 4.90 Å². The Kier molecular flexibility index (Phi) is 9.52. The Bertz CT molecular complexity index is 939. The Morgan fingerprint density at radius 2 is 1.83 bits per heavy atom. The maximum Gasteiger partial charge on any atom is 0.240 e. The van der Waals surface area contributed by atoms with Crippen molar-refractivity contribution in [1.29, 1.82) is 0 Å². The van der Waals surface area contributed by atoms with Gasteiger partial charge >= 0.3 is 0 Å². The molecule has 1 fully saturated rings. The molecule has 1 aliphatic heterocycles. The maximum absolute atomic E-state index is 12.3. The largest absolute Gasteiger partial charge is 0.355 e. The summed E-state index contributed by atoms with van der Waals surface area (Å²) in [5.41, 5.74) is 0. The number of piperazine rings is 1. The summed E-state index contributed by atoms with van der Waals surface area (Å²) in [5, 5.41) is 3.58. The molecule has 0 unspecified atom stereocenters. The molecular weight excluding hydrogens is 541 g/mol. The van der Waals surface area contributed by atoms with Crippen molar-refractivity contribution in [3.8, 4) is 0 Å². The number of halogens is 2. The van der Waals surface area contributed by atoms with Crippen LogP contribution < -0.4 is 14.9 Å². The van der Waals surface area contributed by atoms with Gasteiger partial charge in [0.1, 0.15) is 0 Å². The lowest BCUT2D eigenvalue weighted by atomic mass is 10.3. The number of rotatable bonds is 6. The monoisotopic (exact) mass is 565 g/mol. The van der Waals surface area contributed by atoms with Gasteiger partial charge in [-0.15, -0.1) is 24.0 Å². The number of sulfonamides is 1. The second-order valence-electron chi connectivity index (χ2n) is 6.35. The lowest BCUT2D eigenvalue weighted by Crippen LogP contribution is -2.53. The van der Waals surface area contributed by atoms with E-state index in [1.807, 2.05) is 0 Å². The van der Waals surface area contributed by atoms with Gasteiger partial charge in [-0.1, -0.05) is 17.7 Å². The van der Waals surface area contributed by atoms with E-state index >= 15 is 0 Å². The molecule has 1 aromatic carbocycles. The highest BCUT2D eigenvalue weighted by atomic mass is 127. The Morgan fingerprint density at radius 1 is 1.13 bits per heavy atom. The van der Waals surface area contributed by atoms with E-state index in [0.29, 0.717) is 11.6 Å². The summed E-state index contributed by atoms with van der Waals surface area (Å²) in [6.07, 6.45) is 3.47. The highest BCUT2D eigenvalue weighted by molar-refractivity contribution is 14.0. The van der Waals surface area contributed by atoms with Crippen molar-refractivity contribution in [2.75, 3.05) is 51.2 Å². The molecule has 2 N–H and O–H groups in total. The van der Waals surface area contributed by atoms with E-state index < -0.39 is 10.0 Å². The summed E-state index contributed by atoms with van der Waals surface area (Å²) >= 11 is 5.87. The summed E-state index contributed by atoms with van der Waals surface area (Å²) in [4.78, 5) is 17.3. The normalized spacial score (nSPS) is 14.9. The van der Waals surface area contributed by atoms with E-state index in [1.165, 1.54) is 12.1 Å². The Hall–Kier alpha value is -1.70. The number of benzene rings is 1. The van der Waals surface area contributed by atoms with Crippen LogP contribution in [0, 0.1) is 0 Å². The molecule has 0 atom stereocenters. The van der Waals surface area contributed by atoms with Crippen LogP contribution in [0.5, 0.6) is 0 Å². The molecule has 1 aromatic heterocycles. The van der Waals surface area contributed by atoms with Gasteiger partial charge in [-0.2, -0.15) is 0 Å². The zero-order valence-electron chi connectivity index (χ0n) is 16.5. The minimum absolute atomic E-state index is 0. The number of nitrogens with zero attached hydrogens (tertiary/aromatic N) is 5. The number of guanidine groups is 1. The third-order valence-electron chi connectivity index (χ3n) is 4.43. The molecule has 30 heavy (non-hydrogen) atoms. The Balaban J connectivity index is 0.00000320. The first-order valence-electron chi connectivity index (χ1n) is 9.22. The van der Waals surface area contributed by atoms with Crippen molar-refractivity contribution >= 4 is 57.5 Å². The number of nitrogens with one attached hydrogen (secondary N) is 2. The predicted octanol–water partition coefficient (Wildman–Crippen LogP) is 1.42. The van der Waals surface area contributed by atoms with E-state index in [-0.39, 0.29) is 35.4 Å². The third kappa shape index (κ3) is 6.65. The standard InChI is InChI=1S/C18H24ClN7O2S.HI/c1-20-17(25-10-12-26(13-11-25)18-21-6-3-7-22-18)23-8-9-24-29(27,28)16-5-2-4-15(19)14-16;/h2-7,14,24H,8-13H2,1H3,(H,20,23);1H. The van der Waals surface area contributed by atoms with Gasteiger partial charge in [0, 0.05) is 63.7 Å². The first-order valence-corrected chi connectivity index (χ1v) is 11.1. The molecule has 12 heteroatoms. The maximum atomic E-state index is 12.3. The van der Waals surface area contributed by atoms with Crippen molar-refractivity contribution < 1.29 is 8.42 Å². The van der Waals surface area contributed by atoms with Crippen LogP contribution in [0.4, 0.5) is 5.95 Å². The molecule has 2 aromatic rings. The molecule has 0 aliphatic carbocycles. The molecule has 1 saturated heterocycles. The number of hydrogen-bond acceptors (Lipinski definition) is 6. The quantitative estimate of drug-likeness (QED) is 0.236. The van der Waals surface area contributed by atoms with E-state index in [0.717, 1.165) is 38.1 Å². The fourth-order valence-corrected chi connectivity index (χ4v) is 4.31. The number of hydrogen-bond donors (Lipinski definition) is 2. The molecular formula is C18H25ClIN7O2S.